The van der Waals surface area contributed by atoms with Crippen LogP contribution in [0.15, 0.2) is 0 Å². The molecule has 0 aromatic rings. The Morgan fingerprint density at radius 2 is 2.28 bits per heavy atom. The first-order valence-corrected chi connectivity index (χ1v) is 5.89. The van der Waals surface area contributed by atoms with Crippen molar-refractivity contribution < 1.29 is 24.2 Å². The van der Waals surface area contributed by atoms with E-state index in [4.69, 9.17) is 9.84 Å². The molecular formula is C11H18N2O5. The minimum Gasteiger partial charge on any atom is -0.480 e. The van der Waals surface area contributed by atoms with Crippen molar-refractivity contribution in [2.45, 2.75) is 13.3 Å². The van der Waals surface area contributed by atoms with Crippen LogP contribution in [0.1, 0.15) is 13.3 Å². The molecule has 0 radical (unpaired) electrons. The van der Waals surface area contributed by atoms with Crippen LogP contribution in [-0.2, 0) is 19.1 Å². The first kappa shape index (κ1) is 14.4. The lowest BCUT2D eigenvalue weighted by molar-refractivity contribution is -0.142. The highest BCUT2D eigenvalue weighted by atomic mass is 16.5. The molecule has 1 unspecified atom stereocenters. The van der Waals surface area contributed by atoms with Gasteiger partial charge in [-0.15, -0.1) is 0 Å². The van der Waals surface area contributed by atoms with Crippen LogP contribution in [0, 0.1) is 5.92 Å². The summed E-state index contributed by atoms with van der Waals surface area (Å²) in [5.41, 5.74) is 0. The number of nitrogens with one attached hydrogen (secondary N) is 1. The predicted molar refractivity (Wildman–Crippen MR) is 61.8 cm³/mol. The molecule has 0 saturated carbocycles. The van der Waals surface area contributed by atoms with Gasteiger partial charge in [0.2, 0.25) is 11.8 Å². The Labute approximate surface area is 105 Å². The van der Waals surface area contributed by atoms with Crippen molar-refractivity contribution in [2.24, 2.45) is 5.92 Å². The van der Waals surface area contributed by atoms with Crippen LogP contribution in [0.3, 0.4) is 0 Å². The third-order valence-electron chi connectivity index (χ3n) is 2.74. The Balaban J connectivity index is 2.18. The van der Waals surface area contributed by atoms with E-state index in [1.165, 1.54) is 0 Å². The van der Waals surface area contributed by atoms with Crippen molar-refractivity contribution in [1.82, 2.24) is 10.2 Å². The Bertz CT molecular complexity index is 331. The van der Waals surface area contributed by atoms with E-state index in [1.54, 1.807) is 4.90 Å². The summed E-state index contributed by atoms with van der Waals surface area (Å²) in [6.45, 7) is 2.97. The summed E-state index contributed by atoms with van der Waals surface area (Å²) in [5.74, 6) is -1.53. The Morgan fingerprint density at radius 1 is 1.56 bits per heavy atom. The number of carbonyl (C=O) groups is 3. The molecule has 1 fully saturated rings. The standard InChI is InChI=1S/C11H18N2O5/c1-2-13-6-8(5-9(13)14)11(17)12-3-4-18-7-10(15)16/h8H,2-7H2,1H3,(H,12,17)(H,15,16). The fourth-order valence-electron chi connectivity index (χ4n) is 1.80. The highest BCUT2D eigenvalue weighted by Crippen LogP contribution is 2.17. The van der Waals surface area contributed by atoms with Crippen LogP contribution in [0.2, 0.25) is 0 Å². The minimum atomic E-state index is -1.04. The van der Waals surface area contributed by atoms with Gasteiger partial charge in [0.15, 0.2) is 0 Å². The van der Waals surface area contributed by atoms with Gasteiger partial charge < -0.3 is 20.1 Å². The Hall–Kier alpha value is -1.63. The molecule has 0 aromatic heterocycles. The largest absolute Gasteiger partial charge is 0.480 e. The second kappa shape index (κ2) is 6.95. The number of ether oxygens (including phenoxy) is 1. The van der Waals surface area contributed by atoms with E-state index in [2.05, 4.69) is 5.32 Å². The second-order valence-electron chi connectivity index (χ2n) is 4.07. The molecule has 1 atom stereocenters. The van der Waals surface area contributed by atoms with Crippen LogP contribution < -0.4 is 5.32 Å². The molecule has 0 bridgehead atoms. The van der Waals surface area contributed by atoms with Gasteiger partial charge >= 0.3 is 5.97 Å². The van der Waals surface area contributed by atoms with Gasteiger partial charge in [0.1, 0.15) is 6.61 Å². The van der Waals surface area contributed by atoms with Gasteiger partial charge in [-0.3, -0.25) is 9.59 Å². The van der Waals surface area contributed by atoms with Gasteiger partial charge in [-0.1, -0.05) is 0 Å². The molecular weight excluding hydrogens is 240 g/mol. The van der Waals surface area contributed by atoms with Crippen molar-refractivity contribution >= 4 is 17.8 Å². The first-order chi connectivity index (χ1) is 8.54. The van der Waals surface area contributed by atoms with Crippen molar-refractivity contribution in [3.63, 3.8) is 0 Å². The Kier molecular flexibility index (Phi) is 5.57. The number of aliphatic carboxylic acids is 1. The van der Waals surface area contributed by atoms with E-state index in [0.29, 0.717) is 13.1 Å². The number of likely N-dealkylation sites (tertiary alicyclic amines) is 1. The minimum absolute atomic E-state index is 0.000206. The summed E-state index contributed by atoms with van der Waals surface area (Å²) in [6, 6.07) is 0. The topological polar surface area (TPSA) is 95.9 Å². The van der Waals surface area contributed by atoms with Crippen molar-refractivity contribution in [3.8, 4) is 0 Å². The first-order valence-electron chi connectivity index (χ1n) is 5.89. The number of carbonyl (C=O) groups excluding carboxylic acids is 2. The molecule has 7 nitrogen and oxygen atoms in total. The number of carboxylic acid groups (broad SMARTS) is 1. The SMILES string of the molecule is CCN1CC(C(=O)NCCOCC(=O)O)CC1=O. The highest BCUT2D eigenvalue weighted by molar-refractivity contribution is 5.89. The Morgan fingerprint density at radius 3 is 2.83 bits per heavy atom. The number of carboxylic acids is 1. The van der Waals surface area contributed by atoms with Crippen LogP contribution in [0.5, 0.6) is 0 Å². The number of amides is 2. The maximum atomic E-state index is 11.7. The molecule has 1 aliphatic heterocycles. The van der Waals surface area contributed by atoms with Gasteiger partial charge in [-0.25, -0.2) is 4.79 Å². The number of rotatable bonds is 7. The van der Waals surface area contributed by atoms with Crippen LogP contribution in [-0.4, -0.2) is 60.6 Å². The molecule has 7 heteroatoms. The summed E-state index contributed by atoms with van der Waals surface area (Å²) in [4.78, 5) is 34.9. The average Bonchev–Trinajstić information content (AvgIpc) is 2.69. The highest BCUT2D eigenvalue weighted by Gasteiger charge is 2.32. The summed E-state index contributed by atoms with van der Waals surface area (Å²) in [6.07, 6.45) is 0.246. The molecule has 18 heavy (non-hydrogen) atoms. The molecule has 0 aromatic carbocycles. The quantitative estimate of drug-likeness (QED) is 0.575. The van der Waals surface area contributed by atoms with E-state index < -0.39 is 5.97 Å². The molecule has 1 rings (SSSR count). The fraction of sp³-hybridized carbons (Fsp3) is 0.727. The maximum absolute atomic E-state index is 11.7. The third-order valence-corrected chi connectivity index (χ3v) is 2.74. The molecule has 102 valence electrons. The molecule has 2 amide bonds. The second-order valence-corrected chi connectivity index (χ2v) is 4.07. The monoisotopic (exact) mass is 258 g/mol. The van der Waals surface area contributed by atoms with E-state index >= 15 is 0 Å². The zero-order valence-electron chi connectivity index (χ0n) is 10.3. The smallest absolute Gasteiger partial charge is 0.329 e. The molecule has 0 aliphatic carbocycles. The van der Waals surface area contributed by atoms with Gasteiger partial charge in [-0.05, 0) is 6.92 Å². The van der Waals surface area contributed by atoms with E-state index in [1.807, 2.05) is 6.92 Å². The average molecular weight is 258 g/mol. The van der Waals surface area contributed by atoms with E-state index in [0.717, 1.165) is 0 Å². The number of nitrogens with zero attached hydrogens (tertiary/aromatic N) is 1. The lowest BCUT2D eigenvalue weighted by atomic mass is 10.1. The number of hydrogen-bond acceptors (Lipinski definition) is 4. The molecule has 1 aliphatic rings. The van der Waals surface area contributed by atoms with Crippen molar-refractivity contribution in [3.05, 3.63) is 0 Å². The molecule has 2 N–H and O–H groups in total. The summed E-state index contributed by atoms with van der Waals surface area (Å²) < 4.78 is 4.78. The van der Waals surface area contributed by atoms with E-state index in [9.17, 15) is 14.4 Å². The molecule has 1 heterocycles. The maximum Gasteiger partial charge on any atom is 0.329 e. The van der Waals surface area contributed by atoms with Crippen molar-refractivity contribution in [1.29, 1.82) is 0 Å². The van der Waals surface area contributed by atoms with Crippen LogP contribution in [0.4, 0.5) is 0 Å². The number of hydrogen-bond donors (Lipinski definition) is 2. The van der Waals surface area contributed by atoms with Crippen LogP contribution in [0.25, 0.3) is 0 Å². The predicted octanol–water partition coefficient (Wildman–Crippen LogP) is -0.928. The van der Waals surface area contributed by atoms with Gasteiger partial charge in [-0.2, -0.15) is 0 Å². The zero-order chi connectivity index (χ0) is 13.5. The fourth-order valence-corrected chi connectivity index (χ4v) is 1.80. The summed E-state index contributed by atoms with van der Waals surface area (Å²) in [7, 11) is 0. The summed E-state index contributed by atoms with van der Waals surface area (Å²) in [5, 5.41) is 11.0. The van der Waals surface area contributed by atoms with Crippen molar-refractivity contribution in [2.75, 3.05) is 32.8 Å². The van der Waals surface area contributed by atoms with Crippen LogP contribution >= 0.6 is 0 Å². The zero-order valence-corrected chi connectivity index (χ0v) is 10.3. The lowest BCUT2D eigenvalue weighted by Crippen LogP contribution is -2.35. The summed E-state index contributed by atoms with van der Waals surface area (Å²) >= 11 is 0. The van der Waals surface area contributed by atoms with E-state index in [-0.39, 0.29) is 43.9 Å². The lowest BCUT2D eigenvalue weighted by Gasteiger charge is -2.13. The van der Waals surface area contributed by atoms with Gasteiger partial charge in [0.25, 0.3) is 0 Å². The van der Waals surface area contributed by atoms with Gasteiger partial charge in [0, 0.05) is 26.1 Å². The normalized spacial score (nSPS) is 19.1. The van der Waals surface area contributed by atoms with Gasteiger partial charge in [0.05, 0.1) is 12.5 Å². The third kappa shape index (κ3) is 4.33. The molecule has 1 saturated heterocycles. The molecule has 0 spiro atoms.